The zero-order valence-corrected chi connectivity index (χ0v) is 13.5. The Morgan fingerprint density at radius 3 is 2.91 bits per heavy atom. The summed E-state index contributed by atoms with van der Waals surface area (Å²) in [6, 6.07) is 5.91. The zero-order chi connectivity index (χ0) is 15.9. The minimum absolute atomic E-state index is 0.109. The van der Waals surface area contributed by atoms with Crippen molar-refractivity contribution in [2.24, 2.45) is 0 Å². The van der Waals surface area contributed by atoms with Crippen molar-refractivity contribution in [3.63, 3.8) is 0 Å². The first kappa shape index (κ1) is 16.6. The van der Waals surface area contributed by atoms with Crippen LogP contribution in [0.25, 0.3) is 0 Å². The summed E-state index contributed by atoms with van der Waals surface area (Å²) in [7, 11) is 0. The van der Waals surface area contributed by atoms with Crippen molar-refractivity contribution in [1.82, 2.24) is 10.2 Å². The Bertz CT molecular complexity index is 503. The summed E-state index contributed by atoms with van der Waals surface area (Å²) in [6.07, 6.45) is 3.75. The van der Waals surface area contributed by atoms with Crippen molar-refractivity contribution in [3.05, 3.63) is 29.3 Å². The molecule has 1 fully saturated rings. The van der Waals surface area contributed by atoms with Crippen LogP contribution in [0.2, 0.25) is 0 Å². The Kier molecular flexibility index (Phi) is 6.07. The van der Waals surface area contributed by atoms with Gasteiger partial charge in [-0.2, -0.15) is 0 Å². The normalized spacial score (nSPS) is 18.1. The van der Waals surface area contributed by atoms with E-state index in [4.69, 9.17) is 9.84 Å². The number of ether oxygens (including phenoxy) is 1. The Labute approximate surface area is 132 Å². The average molecular weight is 306 g/mol. The first-order chi connectivity index (χ1) is 10.6. The van der Waals surface area contributed by atoms with E-state index in [1.165, 1.54) is 11.1 Å². The predicted molar refractivity (Wildman–Crippen MR) is 86.0 cm³/mol. The topological polar surface area (TPSA) is 61.8 Å². The van der Waals surface area contributed by atoms with Gasteiger partial charge in [-0.15, -0.1) is 0 Å². The van der Waals surface area contributed by atoms with Gasteiger partial charge in [-0.3, -0.25) is 0 Å². The van der Waals surface area contributed by atoms with Gasteiger partial charge in [-0.05, 0) is 62.8 Å². The number of urea groups is 1. The second-order valence-corrected chi connectivity index (χ2v) is 5.87. The lowest BCUT2D eigenvalue weighted by Gasteiger charge is -2.35. The highest BCUT2D eigenvalue weighted by Crippen LogP contribution is 2.19. The summed E-state index contributed by atoms with van der Waals surface area (Å²) in [6.45, 7) is 5.12. The van der Waals surface area contributed by atoms with Crippen molar-refractivity contribution >= 4 is 6.03 Å². The molecule has 0 saturated carbocycles. The van der Waals surface area contributed by atoms with Crippen LogP contribution in [0.3, 0.4) is 0 Å². The average Bonchev–Trinajstić information content (AvgIpc) is 2.51. The minimum Gasteiger partial charge on any atom is -0.473 e. The molecule has 1 unspecified atom stereocenters. The molecule has 5 nitrogen and oxygen atoms in total. The first-order valence-electron chi connectivity index (χ1n) is 7.97. The molecule has 22 heavy (non-hydrogen) atoms. The summed E-state index contributed by atoms with van der Waals surface area (Å²) in [5, 5.41) is 11.9. The van der Waals surface area contributed by atoms with E-state index < -0.39 is 0 Å². The molecule has 0 radical (unpaired) electrons. The summed E-state index contributed by atoms with van der Waals surface area (Å²) in [4.78, 5) is 14.1. The minimum atomic E-state index is -0.109. The molecule has 1 aromatic rings. The fourth-order valence-electron chi connectivity index (χ4n) is 2.80. The van der Waals surface area contributed by atoms with Crippen LogP contribution in [0.1, 0.15) is 36.8 Å². The second kappa shape index (κ2) is 8.03. The quantitative estimate of drug-likeness (QED) is 0.822. The van der Waals surface area contributed by atoms with Gasteiger partial charge in [-0.25, -0.2) is 4.79 Å². The molecule has 1 aromatic carbocycles. The van der Waals surface area contributed by atoms with E-state index in [1.54, 1.807) is 0 Å². The number of benzene rings is 1. The third-order valence-corrected chi connectivity index (χ3v) is 4.29. The van der Waals surface area contributed by atoms with E-state index in [0.29, 0.717) is 6.42 Å². The number of nitrogens with one attached hydrogen (secondary N) is 1. The fraction of sp³-hybridized carbons (Fsp3) is 0.588. The lowest BCUT2D eigenvalue weighted by atomic mass is 10.0. The number of hydrogen-bond acceptors (Lipinski definition) is 3. The molecule has 0 bridgehead atoms. The molecule has 5 heteroatoms. The SMILES string of the molecule is Cc1ccc(OCNC(=O)N2CCCCC2CCO)cc1C. The lowest BCUT2D eigenvalue weighted by Crippen LogP contribution is -2.49. The van der Waals surface area contributed by atoms with Crippen molar-refractivity contribution < 1.29 is 14.6 Å². The zero-order valence-electron chi connectivity index (χ0n) is 13.5. The van der Waals surface area contributed by atoms with E-state index in [-0.39, 0.29) is 25.4 Å². The number of aliphatic hydroxyl groups excluding tert-OH is 1. The van der Waals surface area contributed by atoms with Crippen molar-refractivity contribution in [3.8, 4) is 5.75 Å². The number of carbonyl (C=O) groups excluding carboxylic acids is 1. The molecule has 1 aliphatic heterocycles. The number of likely N-dealkylation sites (tertiary alicyclic amines) is 1. The van der Waals surface area contributed by atoms with Crippen LogP contribution in [0.15, 0.2) is 18.2 Å². The lowest BCUT2D eigenvalue weighted by molar-refractivity contribution is 0.126. The number of nitrogens with zero attached hydrogens (tertiary/aromatic N) is 1. The molecule has 2 amide bonds. The number of carbonyl (C=O) groups is 1. The summed E-state index contributed by atoms with van der Waals surface area (Å²) in [5.41, 5.74) is 2.39. The highest BCUT2D eigenvalue weighted by Gasteiger charge is 2.25. The van der Waals surface area contributed by atoms with E-state index in [2.05, 4.69) is 12.2 Å². The van der Waals surface area contributed by atoms with Gasteiger partial charge in [-0.1, -0.05) is 6.07 Å². The molecule has 1 atom stereocenters. The Hall–Kier alpha value is -1.75. The van der Waals surface area contributed by atoms with Crippen LogP contribution < -0.4 is 10.1 Å². The van der Waals surface area contributed by atoms with Gasteiger partial charge < -0.3 is 20.1 Å². The number of aryl methyl sites for hydroxylation is 2. The van der Waals surface area contributed by atoms with E-state index in [0.717, 1.165) is 31.6 Å². The molecular weight excluding hydrogens is 280 g/mol. The highest BCUT2D eigenvalue weighted by atomic mass is 16.5. The van der Waals surface area contributed by atoms with Gasteiger partial charge in [0.25, 0.3) is 0 Å². The number of hydrogen-bond donors (Lipinski definition) is 2. The molecule has 1 saturated heterocycles. The number of amides is 2. The smallest absolute Gasteiger partial charge is 0.320 e. The first-order valence-corrected chi connectivity index (χ1v) is 7.97. The van der Waals surface area contributed by atoms with Crippen LogP contribution >= 0.6 is 0 Å². The maximum Gasteiger partial charge on any atom is 0.320 e. The van der Waals surface area contributed by atoms with Crippen molar-refractivity contribution in [2.45, 2.75) is 45.6 Å². The molecule has 0 aromatic heterocycles. The Morgan fingerprint density at radius 2 is 2.18 bits per heavy atom. The standard InChI is InChI=1S/C17H26N2O3/c1-13-6-7-16(11-14(13)2)22-12-18-17(21)19-9-4-3-5-15(19)8-10-20/h6-7,11,15,20H,3-5,8-10,12H2,1-2H3,(H,18,21). The second-order valence-electron chi connectivity index (χ2n) is 5.87. The van der Waals surface area contributed by atoms with Gasteiger partial charge in [0.2, 0.25) is 0 Å². The van der Waals surface area contributed by atoms with Gasteiger partial charge in [0, 0.05) is 19.2 Å². The Balaban J connectivity index is 1.82. The summed E-state index contributed by atoms with van der Waals surface area (Å²) < 4.78 is 5.59. The van der Waals surface area contributed by atoms with E-state index >= 15 is 0 Å². The molecule has 1 heterocycles. The van der Waals surface area contributed by atoms with Crippen molar-refractivity contribution in [1.29, 1.82) is 0 Å². The third kappa shape index (κ3) is 4.37. The van der Waals surface area contributed by atoms with Crippen LogP contribution in [-0.4, -0.2) is 42.0 Å². The highest BCUT2D eigenvalue weighted by molar-refractivity contribution is 5.74. The third-order valence-electron chi connectivity index (χ3n) is 4.29. The van der Waals surface area contributed by atoms with Gasteiger partial charge in [0.1, 0.15) is 5.75 Å². The van der Waals surface area contributed by atoms with Crippen LogP contribution in [0.5, 0.6) is 5.75 Å². The molecule has 2 rings (SSSR count). The van der Waals surface area contributed by atoms with E-state index in [1.807, 2.05) is 30.0 Å². The van der Waals surface area contributed by atoms with Crippen LogP contribution in [0.4, 0.5) is 4.79 Å². The molecule has 122 valence electrons. The molecule has 0 spiro atoms. The number of rotatable bonds is 5. The number of aliphatic hydroxyl groups is 1. The van der Waals surface area contributed by atoms with Crippen LogP contribution in [-0.2, 0) is 0 Å². The maximum absolute atomic E-state index is 12.2. The molecule has 1 aliphatic rings. The van der Waals surface area contributed by atoms with Crippen LogP contribution in [0, 0.1) is 13.8 Å². The van der Waals surface area contributed by atoms with Gasteiger partial charge in [0.05, 0.1) is 0 Å². The summed E-state index contributed by atoms with van der Waals surface area (Å²) in [5.74, 6) is 0.758. The maximum atomic E-state index is 12.2. The Morgan fingerprint density at radius 1 is 1.36 bits per heavy atom. The molecule has 0 aliphatic carbocycles. The van der Waals surface area contributed by atoms with Crippen molar-refractivity contribution in [2.75, 3.05) is 19.9 Å². The molecular formula is C17H26N2O3. The van der Waals surface area contributed by atoms with Gasteiger partial charge >= 0.3 is 6.03 Å². The molecule has 2 N–H and O–H groups in total. The monoisotopic (exact) mass is 306 g/mol. The largest absolute Gasteiger partial charge is 0.473 e. The predicted octanol–water partition coefficient (Wildman–Crippen LogP) is 2.59. The fourth-order valence-corrected chi connectivity index (χ4v) is 2.80. The summed E-state index contributed by atoms with van der Waals surface area (Å²) >= 11 is 0. The van der Waals surface area contributed by atoms with E-state index in [9.17, 15) is 4.79 Å². The van der Waals surface area contributed by atoms with Gasteiger partial charge in [0.15, 0.2) is 6.73 Å². The number of piperidine rings is 1.